The van der Waals surface area contributed by atoms with Gasteiger partial charge in [0, 0.05) is 37.3 Å². The Bertz CT molecular complexity index is 751. The average Bonchev–Trinajstić information content (AvgIpc) is 3.14. The van der Waals surface area contributed by atoms with Crippen molar-refractivity contribution in [3.63, 3.8) is 0 Å². The first-order valence-electron chi connectivity index (χ1n) is 7.92. The Hall–Kier alpha value is -1.84. The zero-order chi connectivity index (χ0) is 18.0. The molecule has 1 saturated carbocycles. The molecular weight excluding hydrogens is 403 g/mol. The van der Waals surface area contributed by atoms with Crippen molar-refractivity contribution in [2.24, 2.45) is 0 Å². The Labute approximate surface area is 150 Å². The van der Waals surface area contributed by atoms with Gasteiger partial charge in [-0.2, -0.15) is 23.4 Å². The molecule has 25 heavy (non-hydrogen) atoms. The summed E-state index contributed by atoms with van der Waals surface area (Å²) in [4.78, 5) is 11.9. The SMILES string of the molecule is O=C(CCn1nc(C(F)(F)F)cc1C1CC1)NCCn1cc(Br)cn1. The normalized spacial score (nSPS) is 14.7. The lowest BCUT2D eigenvalue weighted by molar-refractivity contribution is -0.141. The molecule has 1 fully saturated rings. The van der Waals surface area contributed by atoms with Gasteiger partial charge < -0.3 is 5.32 Å². The van der Waals surface area contributed by atoms with E-state index in [1.54, 1.807) is 17.1 Å². The van der Waals surface area contributed by atoms with E-state index in [2.05, 4.69) is 31.4 Å². The van der Waals surface area contributed by atoms with Crippen LogP contribution in [-0.2, 0) is 24.1 Å². The molecule has 2 aromatic rings. The van der Waals surface area contributed by atoms with Gasteiger partial charge in [0.15, 0.2) is 5.69 Å². The molecule has 1 aliphatic rings. The summed E-state index contributed by atoms with van der Waals surface area (Å²) >= 11 is 3.28. The monoisotopic (exact) mass is 419 g/mol. The second kappa shape index (κ2) is 7.19. The second-order valence-corrected chi connectivity index (χ2v) is 6.89. The van der Waals surface area contributed by atoms with Crippen molar-refractivity contribution >= 4 is 21.8 Å². The number of amides is 1. The third kappa shape index (κ3) is 4.83. The zero-order valence-electron chi connectivity index (χ0n) is 13.3. The fourth-order valence-corrected chi connectivity index (χ4v) is 2.85. The molecule has 0 atom stereocenters. The van der Waals surface area contributed by atoms with E-state index in [-0.39, 0.29) is 24.8 Å². The lowest BCUT2D eigenvalue weighted by atomic mass is 10.2. The van der Waals surface area contributed by atoms with Crippen LogP contribution in [0.15, 0.2) is 22.9 Å². The molecule has 0 spiro atoms. The smallest absolute Gasteiger partial charge is 0.354 e. The predicted octanol–water partition coefficient (Wildman–Crippen LogP) is 2.94. The fourth-order valence-electron chi connectivity index (χ4n) is 2.52. The minimum absolute atomic E-state index is 0.0848. The van der Waals surface area contributed by atoms with Crippen LogP contribution in [-0.4, -0.2) is 32.0 Å². The lowest BCUT2D eigenvalue weighted by Crippen LogP contribution is -2.28. The topological polar surface area (TPSA) is 64.7 Å². The highest BCUT2D eigenvalue weighted by Crippen LogP contribution is 2.42. The van der Waals surface area contributed by atoms with E-state index in [0.29, 0.717) is 18.8 Å². The maximum Gasteiger partial charge on any atom is 0.435 e. The molecule has 2 heterocycles. The number of carbonyl (C=O) groups excluding carboxylic acids is 1. The Morgan fingerprint density at radius 1 is 1.36 bits per heavy atom. The van der Waals surface area contributed by atoms with Crippen molar-refractivity contribution in [3.05, 3.63) is 34.3 Å². The van der Waals surface area contributed by atoms with Crippen LogP contribution in [0.5, 0.6) is 0 Å². The summed E-state index contributed by atoms with van der Waals surface area (Å²) in [6.45, 7) is 1.06. The highest BCUT2D eigenvalue weighted by atomic mass is 79.9. The van der Waals surface area contributed by atoms with Gasteiger partial charge in [0.25, 0.3) is 0 Å². The number of nitrogens with one attached hydrogen (secondary N) is 1. The summed E-state index contributed by atoms with van der Waals surface area (Å²) < 4.78 is 42.3. The van der Waals surface area contributed by atoms with Crippen molar-refractivity contribution in [2.45, 2.75) is 44.4 Å². The molecule has 1 N–H and O–H groups in total. The van der Waals surface area contributed by atoms with Crippen LogP contribution < -0.4 is 5.32 Å². The van der Waals surface area contributed by atoms with Gasteiger partial charge >= 0.3 is 6.18 Å². The van der Waals surface area contributed by atoms with Gasteiger partial charge in [-0.05, 0) is 34.8 Å². The number of alkyl halides is 3. The number of hydrogen-bond acceptors (Lipinski definition) is 3. The maximum absolute atomic E-state index is 12.8. The number of aryl methyl sites for hydroxylation is 1. The summed E-state index contributed by atoms with van der Waals surface area (Å²) in [6, 6.07) is 1.10. The van der Waals surface area contributed by atoms with E-state index in [0.717, 1.165) is 23.4 Å². The van der Waals surface area contributed by atoms with Crippen molar-refractivity contribution in [2.75, 3.05) is 6.54 Å². The lowest BCUT2D eigenvalue weighted by Gasteiger charge is -2.08. The molecule has 3 rings (SSSR count). The number of rotatable bonds is 7. The molecule has 6 nitrogen and oxygen atoms in total. The Morgan fingerprint density at radius 3 is 2.72 bits per heavy atom. The van der Waals surface area contributed by atoms with Crippen LogP contribution in [0.2, 0.25) is 0 Å². The predicted molar refractivity (Wildman–Crippen MR) is 86.8 cm³/mol. The van der Waals surface area contributed by atoms with Gasteiger partial charge in [-0.25, -0.2) is 0 Å². The number of halogens is 4. The van der Waals surface area contributed by atoms with Gasteiger partial charge in [-0.3, -0.25) is 14.2 Å². The van der Waals surface area contributed by atoms with Gasteiger partial charge in [0.05, 0.1) is 17.2 Å². The number of carbonyl (C=O) groups is 1. The molecule has 1 amide bonds. The molecule has 10 heteroatoms. The van der Waals surface area contributed by atoms with Gasteiger partial charge in [-0.1, -0.05) is 0 Å². The van der Waals surface area contributed by atoms with Crippen molar-refractivity contribution < 1.29 is 18.0 Å². The van der Waals surface area contributed by atoms with Gasteiger partial charge in [0.2, 0.25) is 5.91 Å². The highest BCUT2D eigenvalue weighted by molar-refractivity contribution is 9.10. The van der Waals surface area contributed by atoms with E-state index < -0.39 is 11.9 Å². The first-order valence-corrected chi connectivity index (χ1v) is 8.72. The summed E-state index contributed by atoms with van der Waals surface area (Å²) in [7, 11) is 0. The van der Waals surface area contributed by atoms with Crippen LogP contribution >= 0.6 is 15.9 Å². The van der Waals surface area contributed by atoms with Crippen molar-refractivity contribution in [3.8, 4) is 0 Å². The third-order valence-corrected chi connectivity index (χ3v) is 4.32. The number of hydrogen-bond donors (Lipinski definition) is 1. The van der Waals surface area contributed by atoms with Crippen LogP contribution in [0.1, 0.15) is 36.6 Å². The van der Waals surface area contributed by atoms with Crippen LogP contribution in [0.4, 0.5) is 13.2 Å². The molecule has 0 unspecified atom stereocenters. The maximum atomic E-state index is 12.8. The molecule has 0 aliphatic heterocycles. The Morgan fingerprint density at radius 2 is 2.12 bits per heavy atom. The van der Waals surface area contributed by atoms with Crippen LogP contribution in [0.3, 0.4) is 0 Å². The first kappa shape index (κ1) is 18.0. The zero-order valence-corrected chi connectivity index (χ0v) is 14.8. The molecule has 0 aromatic carbocycles. The van der Waals surface area contributed by atoms with Gasteiger partial charge in [0.1, 0.15) is 0 Å². The summed E-state index contributed by atoms with van der Waals surface area (Å²) in [6.07, 6.45) is 0.799. The van der Waals surface area contributed by atoms with E-state index in [1.807, 2.05) is 0 Å². The Balaban J connectivity index is 1.50. The Kier molecular flexibility index (Phi) is 5.16. The van der Waals surface area contributed by atoms with Crippen molar-refractivity contribution in [1.82, 2.24) is 24.9 Å². The molecule has 0 radical (unpaired) electrons. The minimum atomic E-state index is -4.46. The molecule has 136 valence electrons. The van der Waals surface area contributed by atoms with E-state index >= 15 is 0 Å². The third-order valence-electron chi connectivity index (χ3n) is 3.91. The van der Waals surface area contributed by atoms with E-state index in [9.17, 15) is 18.0 Å². The number of aromatic nitrogens is 4. The van der Waals surface area contributed by atoms with Gasteiger partial charge in [-0.15, -0.1) is 0 Å². The minimum Gasteiger partial charge on any atom is -0.354 e. The van der Waals surface area contributed by atoms with E-state index in [4.69, 9.17) is 0 Å². The van der Waals surface area contributed by atoms with E-state index in [1.165, 1.54) is 4.68 Å². The summed E-state index contributed by atoms with van der Waals surface area (Å²) in [5, 5.41) is 10.4. The first-order chi connectivity index (χ1) is 11.8. The molecular formula is C15H17BrF3N5O. The average molecular weight is 420 g/mol. The molecule has 1 aliphatic carbocycles. The highest BCUT2D eigenvalue weighted by Gasteiger charge is 2.37. The van der Waals surface area contributed by atoms with Crippen LogP contribution in [0, 0.1) is 0 Å². The summed E-state index contributed by atoms with van der Waals surface area (Å²) in [5.41, 5.74) is -0.319. The van der Waals surface area contributed by atoms with Crippen molar-refractivity contribution in [1.29, 1.82) is 0 Å². The summed E-state index contributed by atoms with van der Waals surface area (Å²) in [5.74, 6) is -0.0954. The van der Waals surface area contributed by atoms with Crippen LogP contribution in [0.25, 0.3) is 0 Å². The standard InChI is InChI=1S/C15H17BrF3N5O/c16-11-8-21-23(9-11)6-4-20-14(25)3-5-24-12(10-1-2-10)7-13(22-24)15(17,18)19/h7-10H,1-6H2,(H,20,25). The second-order valence-electron chi connectivity index (χ2n) is 5.97. The largest absolute Gasteiger partial charge is 0.435 e. The molecule has 0 bridgehead atoms. The number of nitrogens with zero attached hydrogens (tertiary/aromatic N) is 4. The molecule has 2 aromatic heterocycles. The fraction of sp³-hybridized carbons (Fsp3) is 0.533. The quantitative estimate of drug-likeness (QED) is 0.750. The molecule has 0 saturated heterocycles.